The highest BCUT2D eigenvalue weighted by atomic mass is 16.1. The van der Waals surface area contributed by atoms with Crippen LogP contribution in [-0.4, -0.2) is 18.0 Å². The fourth-order valence-corrected chi connectivity index (χ4v) is 1.61. The van der Waals surface area contributed by atoms with Crippen LogP contribution in [0.25, 0.3) is 0 Å². The number of nitrogens with one attached hydrogen (secondary N) is 1. The number of carbonyl (C=O) groups excluding carboxylic acids is 1. The second-order valence-electron chi connectivity index (χ2n) is 5.44. The molecule has 0 unspecified atom stereocenters. The van der Waals surface area contributed by atoms with E-state index in [1.54, 1.807) is 0 Å². The number of hydrogen-bond acceptors (Lipinski definition) is 2. The van der Waals surface area contributed by atoms with Gasteiger partial charge in [0.15, 0.2) is 0 Å². The zero-order valence-electron chi connectivity index (χ0n) is 11.6. The number of aryl methyl sites for hydroxylation is 2. The Morgan fingerprint density at radius 1 is 1.22 bits per heavy atom. The van der Waals surface area contributed by atoms with Gasteiger partial charge in [0, 0.05) is 18.5 Å². The average Bonchev–Trinajstić information content (AvgIpc) is 2.33. The molecule has 0 heterocycles. The van der Waals surface area contributed by atoms with Gasteiger partial charge in [0.05, 0.1) is 0 Å². The van der Waals surface area contributed by atoms with E-state index in [0.29, 0.717) is 13.0 Å². The van der Waals surface area contributed by atoms with Crippen molar-refractivity contribution in [3.8, 4) is 0 Å². The highest BCUT2D eigenvalue weighted by Gasteiger charge is 2.11. The second-order valence-corrected chi connectivity index (χ2v) is 5.44. The molecule has 0 saturated heterocycles. The van der Waals surface area contributed by atoms with Crippen LogP contribution in [0.15, 0.2) is 24.3 Å². The Kier molecular flexibility index (Phi) is 5.35. The van der Waals surface area contributed by atoms with Gasteiger partial charge in [-0.15, -0.1) is 0 Å². The minimum atomic E-state index is -0.349. The number of amides is 1. The lowest BCUT2D eigenvalue weighted by molar-refractivity contribution is -0.121. The van der Waals surface area contributed by atoms with Gasteiger partial charge in [0.1, 0.15) is 0 Å². The molecule has 3 heteroatoms. The summed E-state index contributed by atoms with van der Waals surface area (Å²) < 4.78 is 0. The van der Waals surface area contributed by atoms with Gasteiger partial charge < -0.3 is 11.1 Å². The molecule has 0 aliphatic carbocycles. The Balaban J connectivity index is 2.33. The first-order valence-electron chi connectivity index (χ1n) is 6.54. The van der Waals surface area contributed by atoms with Gasteiger partial charge in [0.2, 0.25) is 5.91 Å². The zero-order valence-corrected chi connectivity index (χ0v) is 11.6. The monoisotopic (exact) mass is 248 g/mol. The maximum Gasteiger partial charge on any atom is 0.220 e. The summed E-state index contributed by atoms with van der Waals surface area (Å²) in [5.41, 5.74) is 7.99. The molecule has 100 valence electrons. The molecule has 0 spiro atoms. The lowest BCUT2D eigenvalue weighted by Crippen LogP contribution is -2.45. The molecule has 1 aromatic carbocycles. The number of rotatable bonds is 6. The fourth-order valence-electron chi connectivity index (χ4n) is 1.61. The fraction of sp³-hybridized carbons (Fsp3) is 0.533. The number of hydrogen-bond donors (Lipinski definition) is 2. The van der Waals surface area contributed by atoms with Gasteiger partial charge in [0.25, 0.3) is 0 Å². The Morgan fingerprint density at radius 3 is 2.28 bits per heavy atom. The molecule has 0 fully saturated rings. The van der Waals surface area contributed by atoms with Crippen LogP contribution in [0.5, 0.6) is 0 Å². The molecule has 0 aliphatic heterocycles. The normalized spacial score (nSPS) is 11.3. The van der Waals surface area contributed by atoms with Gasteiger partial charge in [-0.05, 0) is 37.8 Å². The van der Waals surface area contributed by atoms with Gasteiger partial charge in [-0.1, -0.05) is 31.2 Å². The summed E-state index contributed by atoms with van der Waals surface area (Å²) in [5, 5.41) is 2.85. The summed E-state index contributed by atoms with van der Waals surface area (Å²) in [6.07, 6.45) is 2.34. The summed E-state index contributed by atoms with van der Waals surface area (Å²) in [7, 11) is 0. The number of nitrogens with two attached hydrogens (primary N) is 1. The van der Waals surface area contributed by atoms with Crippen molar-refractivity contribution in [3.05, 3.63) is 35.4 Å². The first kappa shape index (κ1) is 14.7. The van der Waals surface area contributed by atoms with Crippen LogP contribution in [0, 0.1) is 0 Å². The quantitative estimate of drug-likeness (QED) is 0.809. The minimum Gasteiger partial charge on any atom is -0.354 e. The van der Waals surface area contributed by atoms with Crippen LogP contribution in [0.4, 0.5) is 0 Å². The third-order valence-electron chi connectivity index (χ3n) is 2.81. The van der Waals surface area contributed by atoms with Gasteiger partial charge in [-0.3, -0.25) is 4.79 Å². The van der Waals surface area contributed by atoms with E-state index in [2.05, 4.69) is 36.5 Å². The maximum absolute atomic E-state index is 11.6. The Bertz CT molecular complexity index is 376. The van der Waals surface area contributed by atoms with Crippen molar-refractivity contribution in [3.63, 3.8) is 0 Å². The third kappa shape index (κ3) is 5.82. The van der Waals surface area contributed by atoms with E-state index in [-0.39, 0.29) is 11.4 Å². The largest absolute Gasteiger partial charge is 0.354 e. The van der Waals surface area contributed by atoms with Crippen molar-refractivity contribution in [1.82, 2.24) is 5.32 Å². The molecule has 0 bridgehead atoms. The predicted molar refractivity (Wildman–Crippen MR) is 75.4 cm³/mol. The Labute approximate surface area is 110 Å². The first-order valence-corrected chi connectivity index (χ1v) is 6.54. The van der Waals surface area contributed by atoms with Crippen molar-refractivity contribution in [2.75, 3.05) is 6.54 Å². The summed E-state index contributed by atoms with van der Waals surface area (Å²) in [5.74, 6) is 0.0630. The van der Waals surface area contributed by atoms with Crippen molar-refractivity contribution < 1.29 is 4.79 Å². The maximum atomic E-state index is 11.6. The first-order chi connectivity index (χ1) is 8.40. The average molecular weight is 248 g/mol. The van der Waals surface area contributed by atoms with Crippen molar-refractivity contribution in [1.29, 1.82) is 0 Å². The SMILES string of the molecule is CCc1ccc(CCC(=O)NCC(C)(C)N)cc1. The van der Waals surface area contributed by atoms with E-state index in [0.717, 1.165) is 12.8 Å². The highest BCUT2D eigenvalue weighted by molar-refractivity contribution is 5.76. The molecule has 3 N–H and O–H groups in total. The third-order valence-corrected chi connectivity index (χ3v) is 2.81. The van der Waals surface area contributed by atoms with E-state index >= 15 is 0 Å². The topological polar surface area (TPSA) is 55.1 Å². The smallest absolute Gasteiger partial charge is 0.220 e. The van der Waals surface area contributed by atoms with Crippen LogP contribution < -0.4 is 11.1 Å². The van der Waals surface area contributed by atoms with Gasteiger partial charge in [-0.2, -0.15) is 0 Å². The van der Waals surface area contributed by atoms with Gasteiger partial charge in [-0.25, -0.2) is 0 Å². The summed E-state index contributed by atoms with van der Waals surface area (Å²) in [6, 6.07) is 8.43. The summed E-state index contributed by atoms with van der Waals surface area (Å²) >= 11 is 0. The molecule has 18 heavy (non-hydrogen) atoms. The second kappa shape index (κ2) is 6.55. The van der Waals surface area contributed by atoms with Crippen molar-refractivity contribution >= 4 is 5.91 Å². The van der Waals surface area contributed by atoms with Crippen LogP contribution in [0.1, 0.15) is 38.3 Å². The molecular formula is C15H24N2O. The van der Waals surface area contributed by atoms with Gasteiger partial charge >= 0.3 is 0 Å². The number of carbonyl (C=O) groups is 1. The molecule has 0 aliphatic rings. The summed E-state index contributed by atoms with van der Waals surface area (Å²) in [6.45, 7) is 6.45. The van der Waals surface area contributed by atoms with Crippen LogP contribution >= 0.6 is 0 Å². The van der Waals surface area contributed by atoms with E-state index < -0.39 is 0 Å². The lowest BCUT2D eigenvalue weighted by atomic mass is 10.1. The molecule has 0 saturated carbocycles. The molecule has 3 nitrogen and oxygen atoms in total. The van der Waals surface area contributed by atoms with Crippen LogP contribution in [-0.2, 0) is 17.6 Å². The molecule has 0 atom stereocenters. The zero-order chi connectivity index (χ0) is 13.6. The molecule has 0 radical (unpaired) electrons. The van der Waals surface area contributed by atoms with E-state index in [9.17, 15) is 4.79 Å². The molecule has 1 rings (SSSR count). The van der Waals surface area contributed by atoms with E-state index in [4.69, 9.17) is 5.73 Å². The minimum absolute atomic E-state index is 0.0630. The Hall–Kier alpha value is -1.35. The van der Waals surface area contributed by atoms with Crippen molar-refractivity contribution in [2.24, 2.45) is 5.73 Å². The molecule has 1 aromatic rings. The summed E-state index contributed by atoms with van der Waals surface area (Å²) in [4.78, 5) is 11.6. The molecule has 1 amide bonds. The Morgan fingerprint density at radius 2 is 1.78 bits per heavy atom. The van der Waals surface area contributed by atoms with Crippen molar-refractivity contribution in [2.45, 2.75) is 45.6 Å². The number of benzene rings is 1. The standard InChI is InChI=1S/C15H24N2O/c1-4-12-5-7-13(8-6-12)9-10-14(18)17-11-15(2,3)16/h5-8H,4,9-11,16H2,1-3H3,(H,17,18). The predicted octanol–water partition coefficient (Wildman–Crippen LogP) is 2.04. The van der Waals surface area contributed by atoms with Crippen LogP contribution in [0.2, 0.25) is 0 Å². The lowest BCUT2D eigenvalue weighted by Gasteiger charge is -2.18. The van der Waals surface area contributed by atoms with E-state index in [1.165, 1.54) is 11.1 Å². The molecular weight excluding hydrogens is 224 g/mol. The molecule has 0 aromatic heterocycles. The van der Waals surface area contributed by atoms with Crippen LogP contribution in [0.3, 0.4) is 0 Å². The highest BCUT2D eigenvalue weighted by Crippen LogP contribution is 2.07. The van der Waals surface area contributed by atoms with E-state index in [1.807, 2.05) is 13.8 Å².